The second-order valence-electron chi connectivity index (χ2n) is 5.79. The third-order valence-electron chi connectivity index (χ3n) is 4.41. The molecule has 108 valence electrons. The third-order valence-corrected chi connectivity index (χ3v) is 4.41. The number of rotatable bonds is 2. The number of hydrogen-bond acceptors (Lipinski definition) is 3. The predicted octanol–water partition coefficient (Wildman–Crippen LogP) is 2.39. The smallest absolute Gasteiger partial charge is 0.224 e. The molecule has 1 aromatic carbocycles. The Labute approximate surface area is 119 Å². The van der Waals surface area contributed by atoms with Crippen LogP contribution in [0.1, 0.15) is 42.9 Å². The molecule has 3 N–H and O–H groups in total. The molecular weight excluding hydrogens is 252 g/mol. The Hall–Kier alpha value is -1.39. The lowest BCUT2D eigenvalue weighted by molar-refractivity contribution is -0.116. The van der Waals surface area contributed by atoms with Crippen molar-refractivity contribution in [3.05, 3.63) is 29.3 Å². The number of carbonyl (C=O) groups is 1. The summed E-state index contributed by atoms with van der Waals surface area (Å²) in [6, 6.07) is 6.32. The number of nitrogens with one attached hydrogen (secondary N) is 1. The van der Waals surface area contributed by atoms with Crippen LogP contribution < -0.4 is 11.1 Å². The molecule has 0 radical (unpaired) electrons. The molecule has 0 aromatic heterocycles. The second-order valence-corrected chi connectivity index (χ2v) is 5.79. The van der Waals surface area contributed by atoms with Gasteiger partial charge in [-0.15, -0.1) is 0 Å². The van der Waals surface area contributed by atoms with E-state index < -0.39 is 0 Å². The third kappa shape index (κ3) is 2.86. The van der Waals surface area contributed by atoms with Crippen molar-refractivity contribution in [3.63, 3.8) is 0 Å². The van der Waals surface area contributed by atoms with Crippen LogP contribution in [-0.4, -0.2) is 19.1 Å². The number of aryl methyl sites for hydroxylation is 1. The largest absolute Gasteiger partial charge is 0.381 e. The van der Waals surface area contributed by atoms with Gasteiger partial charge in [0.15, 0.2) is 0 Å². The number of anilines is 1. The van der Waals surface area contributed by atoms with Crippen molar-refractivity contribution >= 4 is 11.6 Å². The summed E-state index contributed by atoms with van der Waals surface area (Å²) < 4.78 is 5.40. The maximum atomic E-state index is 11.6. The van der Waals surface area contributed by atoms with E-state index in [0.717, 1.165) is 44.6 Å². The summed E-state index contributed by atoms with van der Waals surface area (Å²) >= 11 is 0. The van der Waals surface area contributed by atoms with Gasteiger partial charge in [-0.05, 0) is 48.8 Å². The number of carbonyl (C=O) groups excluding carboxylic acids is 1. The first kappa shape index (κ1) is 13.6. The maximum absolute atomic E-state index is 11.6. The van der Waals surface area contributed by atoms with E-state index in [-0.39, 0.29) is 11.9 Å². The molecule has 1 aromatic rings. The SMILES string of the molecule is NC(c1ccc2c(c1)CCCC(=O)N2)C1CCOCC1. The number of fused-ring (bicyclic) bond motifs is 1. The van der Waals surface area contributed by atoms with Crippen molar-refractivity contribution in [2.45, 2.75) is 38.1 Å². The zero-order valence-electron chi connectivity index (χ0n) is 11.7. The molecule has 2 aliphatic heterocycles. The number of amides is 1. The van der Waals surface area contributed by atoms with Crippen LogP contribution in [0.4, 0.5) is 5.69 Å². The first-order valence-electron chi connectivity index (χ1n) is 7.50. The highest BCUT2D eigenvalue weighted by Gasteiger charge is 2.23. The topological polar surface area (TPSA) is 64.4 Å². The first-order chi connectivity index (χ1) is 9.74. The number of nitrogens with two attached hydrogens (primary N) is 1. The Morgan fingerprint density at radius 1 is 1.25 bits per heavy atom. The van der Waals surface area contributed by atoms with Gasteiger partial charge in [-0.3, -0.25) is 4.79 Å². The van der Waals surface area contributed by atoms with Crippen LogP contribution in [0, 0.1) is 5.92 Å². The zero-order valence-corrected chi connectivity index (χ0v) is 11.7. The van der Waals surface area contributed by atoms with E-state index in [1.165, 1.54) is 11.1 Å². The van der Waals surface area contributed by atoms with Gasteiger partial charge in [0.25, 0.3) is 0 Å². The minimum Gasteiger partial charge on any atom is -0.381 e. The molecule has 4 heteroatoms. The fourth-order valence-electron chi connectivity index (χ4n) is 3.15. The van der Waals surface area contributed by atoms with Gasteiger partial charge in [-0.1, -0.05) is 12.1 Å². The Bertz CT molecular complexity index is 495. The number of ether oxygens (including phenoxy) is 1. The van der Waals surface area contributed by atoms with Crippen molar-refractivity contribution in [3.8, 4) is 0 Å². The molecule has 0 saturated carbocycles. The summed E-state index contributed by atoms with van der Waals surface area (Å²) in [4.78, 5) is 11.6. The molecule has 1 saturated heterocycles. The average molecular weight is 274 g/mol. The molecule has 1 unspecified atom stereocenters. The summed E-state index contributed by atoms with van der Waals surface area (Å²) in [5.41, 5.74) is 9.79. The standard InChI is InChI=1S/C16H22N2O2/c17-16(11-6-8-20-9-7-11)13-4-5-14-12(10-13)2-1-3-15(19)18-14/h4-5,10-11,16H,1-3,6-9,17H2,(H,18,19). The fraction of sp³-hybridized carbons (Fsp3) is 0.562. The van der Waals surface area contributed by atoms with Crippen molar-refractivity contribution in [2.75, 3.05) is 18.5 Å². The Morgan fingerprint density at radius 3 is 2.85 bits per heavy atom. The van der Waals surface area contributed by atoms with Gasteiger partial charge in [0, 0.05) is 31.4 Å². The lowest BCUT2D eigenvalue weighted by atomic mass is 9.87. The van der Waals surface area contributed by atoms with Gasteiger partial charge in [-0.25, -0.2) is 0 Å². The normalized spacial score (nSPS) is 21.8. The van der Waals surface area contributed by atoms with Gasteiger partial charge in [0.2, 0.25) is 5.91 Å². The van der Waals surface area contributed by atoms with Crippen LogP contribution >= 0.6 is 0 Å². The Balaban J connectivity index is 1.80. The summed E-state index contributed by atoms with van der Waals surface area (Å²) in [6.45, 7) is 1.64. The second kappa shape index (κ2) is 5.94. The maximum Gasteiger partial charge on any atom is 0.224 e. The van der Waals surface area contributed by atoms with E-state index in [9.17, 15) is 4.79 Å². The quantitative estimate of drug-likeness (QED) is 0.870. The first-order valence-corrected chi connectivity index (χ1v) is 7.50. The summed E-state index contributed by atoms with van der Waals surface area (Å²) in [7, 11) is 0. The molecule has 0 spiro atoms. The number of benzene rings is 1. The molecule has 0 aliphatic carbocycles. The van der Waals surface area contributed by atoms with Crippen LogP contribution in [0.25, 0.3) is 0 Å². The monoisotopic (exact) mass is 274 g/mol. The van der Waals surface area contributed by atoms with E-state index >= 15 is 0 Å². The molecule has 1 amide bonds. The van der Waals surface area contributed by atoms with Gasteiger partial charge < -0.3 is 15.8 Å². The molecular formula is C16H22N2O2. The van der Waals surface area contributed by atoms with Crippen molar-refractivity contribution < 1.29 is 9.53 Å². The van der Waals surface area contributed by atoms with Crippen LogP contribution in [0.5, 0.6) is 0 Å². The minimum atomic E-state index is 0.0724. The van der Waals surface area contributed by atoms with E-state index in [2.05, 4.69) is 17.4 Å². The number of hydrogen-bond donors (Lipinski definition) is 2. The summed E-state index contributed by atoms with van der Waals surface area (Å²) in [5, 5.41) is 2.97. The van der Waals surface area contributed by atoms with Crippen molar-refractivity contribution in [1.82, 2.24) is 0 Å². The van der Waals surface area contributed by atoms with Crippen molar-refractivity contribution in [2.24, 2.45) is 11.7 Å². The van der Waals surface area contributed by atoms with Gasteiger partial charge in [0.1, 0.15) is 0 Å². The van der Waals surface area contributed by atoms with E-state index in [4.69, 9.17) is 10.5 Å². The van der Waals surface area contributed by atoms with Crippen LogP contribution in [0.3, 0.4) is 0 Å². The van der Waals surface area contributed by atoms with Gasteiger partial charge >= 0.3 is 0 Å². The molecule has 2 heterocycles. The van der Waals surface area contributed by atoms with E-state index in [0.29, 0.717) is 12.3 Å². The lowest BCUT2D eigenvalue weighted by Gasteiger charge is -2.28. The van der Waals surface area contributed by atoms with E-state index in [1.807, 2.05) is 6.07 Å². The van der Waals surface area contributed by atoms with Crippen LogP contribution in [-0.2, 0) is 16.0 Å². The molecule has 4 nitrogen and oxygen atoms in total. The average Bonchev–Trinajstić information content (AvgIpc) is 2.67. The fourth-order valence-corrected chi connectivity index (χ4v) is 3.15. The lowest BCUT2D eigenvalue weighted by Crippen LogP contribution is -2.27. The highest BCUT2D eigenvalue weighted by atomic mass is 16.5. The predicted molar refractivity (Wildman–Crippen MR) is 78.5 cm³/mol. The molecule has 3 rings (SSSR count). The van der Waals surface area contributed by atoms with Gasteiger partial charge in [0.05, 0.1) is 0 Å². The summed E-state index contributed by atoms with van der Waals surface area (Å²) in [6.07, 6.45) is 4.54. The van der Waals surface area contributed by atoms with Crippen molar-refractivity contribution in [1.29, 1.82) is 0 Å². The van der Waals surface area contributed by atoms with Crippen LogP contribution in [0.2, 0.25) is 0 Å². The van der Waals surface area contributed by atoms with E-state index in [1.54, 1.807) is 0 Å². The molecule has 20 heavy (non-hydrogen) atoms. The molecule has 2 aliphatic rings. The molecule has 1 atom stereocenters. The Morgan fingerprint density at radius 2 is 2.05 bits per heavy atom. The van der Waals surface area contributed by atoms with Crippen LogP contribution in [0.15, 0.2) is 18.2 Å². The highest BCUT2D eigenvalue weighted by Crippen LogP contribution is 2.31. The zero-order chi connectivity index (χ0) is 13.9. The summed E-state index contributed by atoms with van der Waals surface area (Å²) in [5.74, 6) is 0.618. The highest BCUT2D eigenvalue weighted by molar-refractivity contribution is 5.92. The Kier molecular flexibility index (Phi) is 4.03. The molecule has 1 fully saturated rings. The molecule has 0 bridgehead atoms. The minimum absolute atomic E-state index is 0.0724. The van der Waals surface area contributed by atoms with Gasteiger partial charge in [-0.2, -0.15) is 0 Å².